The number of methoxy groups -OCH3 is 1. The zero-order chi connectivity index (χ0) is 14.2. The Bertz CT molecular complexity index is 516. The molecule has 1 heterocycles. The Morgan fingerprint density at radius 2 is 2.21 bits per heavy atom. The van der Waals surface area contributed by atoms with Crippen LogP contribution < -0.4 is 10.1 Å². The number of ether oxygens (including phenoxy) is 1. The fourth-order valence-electron chi connectivity index (χ4n) is 2.65. The van der Waals surface area contributed by atoms with Crippen LogP contribution in [0.2, 0.25) is 0 Å². The first-order valence-corrected chi connectivity index (χ1v) is 7.04. The van der Waals surface area contributed by atoms with E-state index in [0.717, 1.165) is 21.3 Å². The molecule has 0 radical (unpaired) electrons. The summed E-state index contributed by atoms with van der Waals surface area (Å²) in [6.45, 7) is 4.61. The van der Waals surface area contributed by atoms with Gasteiger partial charge in [0.25, 0.3) is 0 Å². The van der Waals surface area contributed by atoms with E-state index in [1.165, 1.54) is 5.56 Å². The zero-order valence-electron chi connectivity index (χ0n) is 11.3. The van der Waals surface area contributed by atoms with E-state index in [1.54, 1.807) is 7.11 Å². The normalized spacial score (nSPS) is 22.5. The minimum atomic E-state index is -0.738. The molecule has 2 N–H and O–H groups in total. The first-order valence-electron chi connectivity index (χ1n) is 6.25. The molecule has 0 aliphatic carbocycles. The molecule has 2 atom stereocenters. The van der Waals surface area contributed by atoms with E-state index in [2.05, 4.69) is 28.2 Å². The molecule has 0 bridgehead atoms. The quantitative estimate of drug-likeness (QED) is 0.896. The molecule has 1 fully saturated rings. The van der Waals surface area contributed by atoms with Crippen molar-refractivity contribution < 1.29 is 14.6 Å². The van der Waals surface area contributed by atoms with Crippen LogP contribution in [-0.2, 0) is 4.79 Å². The SMILES string of the molecule is COc1c(Br)cc(C)c(C)c1C1CC(C(=O)O)CN1. The summed E-state index contributed by atoms with van der Waals surface area (Å²) in [4.78, 5) is 11.1. The number of rotatable bonds is 3. The second-order valence-corrected chi connectivity index (χ2v) is 5.83. The highest BCUT2D eigenvalue weighted by molar-refractivity contribution is 9.10. The highest BCUT2D eigenvalue weighted by Gasteiger charge is 2.33. The predicted molar refractivity (Wildman–Crippen MR) is 76.7 cm³/mol. The average Bonchev–Trinajstić information content (AvgIpc) is 2.82. The van der Waals surface area contributed by atoms with Crippen LogP contribution in [0, 0.1) is 19.8 Å². The average molecular weight is 328 g/mol. The summed E-state index contributed by atoms with van der Waals surface area (Å²) < 4.78 is 6.40. The summed E-state index contributed by atoms with van der Waals surface area (Å²) in [6, 6.07) is 2.06. The van der Waals surface area contributed by atoms with E-state index < -0.39 is 5.97 Å². The first-order chi connectivity index (χ1) is 8.95. The van der Waals surface area contributed by atoms with Crippen molar-refractivity contribution in [3.63, 3.8) is 0 Å². The van der Waals surface area contributed by atoms with Gasteiger partial charge in [-0.2, -0.15) is 0 Å². The molecule has 2 unspecified atom stereocenters. The molecular weight excluding hydrogens is 310 g/mol. The molecular formula is C14H18BrNO3. The van der Waals surface area contributed by atoms with Crippen LogP contribution >= 0.6 is 15.9 Å². The van der Waals surface area contributed by atoms with Gasteiger partial charge in [0.05, 0.1) is 17.5 Å². The standard InChI is InChI=1S/C14H18BrNO3/c1-7-4-10(15)13(19-3)12(8(7)2)11-5-9(6-16-11)14(17)18/h4,9,11,16H,5-6H2,1-3H3,(H,17,18). The van der Waals surface area contributed by atoms with Gasteiger partial charge in [-0.05, 0) is 53.4 Å². The lowest BCUT2D eigenvalue weighted by atomic mass is 9.93. The minimum absolute atomic E-state index is 0.0345. The molecule has 0 amide bonds. The molecule has 4 nitrogen and oxygen atoms in total. The van der Waals surface area contributed by atoms with Gasteiger partial charge >= 0.3 is 5.97 Å². The van der Waals surface area contributed by atoms with Crippen LogP contribution in [-0.4, -0.2) is 24.7 Å². The lowest BCUT2D eigenvalue weighted by Gasteiger charge is -2.21. The lowest BCUT2D eigenvalue weighted by Crippen LogP contribution is -2.18. The van der Waals surface area contributed by atoms with Crippen LogP contribution in [0.1, 0.15) is 29.2 Å². The highest BCUT2D eigenvalue weighted by atomic mass is 79.9. The number of aliphatic carboxylic acids is 1. The lowest BCUT2D eigenvalue weighted by molar-refractivity contribution is -0.141. The van der Waals surface area contributed by atoms with E-state index in [-0.39, 0.29) is 12.0 Å². The number of benzene rings is 1. The van der Waals surface area contributed by atoms with Crippen molar-refractivity contribution in [1.82, 2.24) is 5.32 Å². The molecule has 104 valence electrons. The molecule has 19 heavy (non-hydrogen) atoms. The van der Waals surface area contributed by atoms with Crippen LogP contribution in [0.4, 0.5) is 0 Å². The molecule has 1 aliphatic rings. The second-order valence-electron chi connectivity index (χ2n) is 4.98. The summed E-state index contributed by atoms with van der Waals surface area (Å²) in [5, 5.41) is 12.4. The zero-order valence-corrected chi connectivity index (χ0v) is 12.9. The molecule has 0 saturated carbocycles. The van der Waals surface area contributed by atoms with Crippen LogP contribution in [0.5, 0.6) is 5.75 Å². The summed E-state index contributed by atoms with van der Waals surface area (Å²) >= 11 is 3.51. The van der Waals surface area contributed by atoms with Crippen LogP contribution in [0.15, 0.2) is 10.5 Å². The third kappa shape index (κ3) is 2.62. The minimum Gasteiger partial charge on any atom is -0.495 e. The number of carboxylic acids is 1. The Kier molecular flexibility index (Phi) is 4.16. The van der Waals surface area contributed by atoms with Crippen molar-refractivity contribution >= 4 is 21.9 Å². The maximum atomic E-state index is 11.1. The van der Waals surface area contributed by atoms with Crippen molar-refractivity contribution in [3.05, 3.63) is 27.2 Å². The van der Waals surface area contributed by atoms with Crippen molar-refractivity contribution in [2.75, 3.05) is 13.7 Å². The van der Waals surface area contributed by atoms with Gasteiger partial charge in [-0.25, -0.2) is 0 Å². The third-order valence-corrected chi connectivity index (χ3v) is 4.42. The van der Waals surface area contributed by atoms with E-state index >= 15 is 0 Å². The fraction of sp³-hybridized carbons (Fsp3) is 0.500. The summed E-state index contributed by atoms with van der Waals surface area (Å²) in [7, 11) is 1.64. The van der Waals surface area contributed by atoms with E-state index in [1.807, 2.05) is 13.0 Å². The summed E-state index contributed by atoms with van der Waals surface area (Å²) in [6.07, 6.45) is 0.600. The van der Waals surface area contributed by atoms with Crippen molar-refractivity contribution in [1.29, 1.82) is 0 Å². The number of halogens is 1. The Morgan fingerprint density at radius 1 is 1.53 bits per heavy atom. The van der Waals surface area contributed by atoms with E-state index in [0.29, 0.717) is 13.0 Å². The van der Waals surface area contributed by atoms with Gasteiger partial charge in [-0.1, -0.05) is 0 Å². The van der Waals surface area contributed by atoms with Crippen molar-refractivity contribution in [2.45, 2.75) is 26.3 Å². The van der Waals surface area contributed by atoms with Crippen molar-refractivity contribution in [3.8, 4) is 5.75 Å². The second kappa shape index (κ2) is 5.51. The summed E-state index contributed by atoms with van der Waals surface area (Å²) in [5.74, 6) is -0.265. The molecule has 1 aromatic carbocycles. The fourth-order valence-corrected chi connectivity index (χ4v) is 3.36. The number of carbonyl (C=O) groups is 1. The number of carboxylic acid groups (broad SMARTS) is 1. The van der Waals surface area contributed by atoms with E-state index in [9.17, 15) is 4.79 Å². The largest absolute Gasteiger partial charge is 0.495 e. The maximum absolute atomic E-state index is 11.1. The third-order valence-electron chi connectivity index (χ3n) is 3.83. The van der Waals surface area contributed by atoms with Crippen molar-refractivity contribution in [2.24, 2.45) is 5.92 Å². The van der Waals surface area contributed by atoms with Gasteiger partial charge < -0.3 is 15.2 Å². The Labute approximate surface area is 121 Å². The van der Waals surface area contributed by atoms with Crippen LogP contribution in [0.3, 0.4) is 0 Å². The monoisotopic (exact) mass is 327 g/mol. The molecule has 2 rings (SSSR count). The van der Waals surface area contributed by atoms with Gasteiger partial charge in [0, 0.05) is 18.2 Å². The number of hydrogen-bond donors (Lipinski definition) is 2. The van der Waals surface area contributed by atoms with Gasteiger partial charge in [0.1, 0.15) is 5.75 Å². The molecule has 1 aliphatic heterocycles. The molecule has 0 aromatic heterocycles. The van der Waals surface area contributed by atoms with Crippen LogP contribution in [0.25, 0.3) is 0 Å². The van der Waals surface area contributed by atoms with Gasteiger partial charge in [-0.3, -0.25) is 4.79 Å². The highest BCUT2D eigenvalue weighted by Crippen LogP contribution is 2.41. The maximum Gasteiger partial charge on any atom is 0.307 e. The first kappa shape index (κ1) is 14.3. The molecule has 0 spiro atoms. The molecule has 5 heteroatoms. The predicted octanol–water partition coefficient (Wildman–Crippen LogP) is 2.81. The Balaban J connectivity index is 2.42. The number of aryl methyl sites for hydroxylation is 1. The Hall–Kier alpha value is -1.07. The number of hydrogen-bond acceptors (Lipinski definition) is 3. The van der Waals surface area contributed by atoms with Gasteiger partial charge in [0.15, 0.2) is 0 Å². The summed E-state index contributed by atoms with van der Waals surface area (Å²) in [5.41, 5.74) is 3.39. The van der Waals surface area contributed by atoms with E-state index in [4.69, 9.17) is 9.84 Å². The van der Waals surface area contributed by atoms with Gasteiger partial charge in [0.2, 0.25) is 0 Å². The van der Waals surface area contributed by atoms with Gasteiger partial charge in [-0.15, -0.1) is 0 Å². The number of nitrogens with one attached hydrogen (secondary N) is 1. The molecule has 1 aromatic rings. The molecule has 1 saturated heterocycles. The smallest absolute Gasteiger partial charge is 0.307 e. The Morgan fingerprint density at radius 3 is 2.74 bits per heavy atom. The topological polar surface area (TPSA) is 58.6 Å².